The molecule has 18 heavy (non-hydrogen) atoms. The predicted molar refractivity (Wildman–Crippen MR) is 65.9 cm³/mol. The van der Waals surface area contributed by atoms with Gasteiger partial charge in [0.2, 0.25) is 0 Å². The monoisotopic (exact) mass is 263 g/mol. The maximum atomic E-state index is 10.8. The zero-order valence-electron chi connectivity index (χ0n) is 9.44. The van der Waals surface area contributed by atoms with Gasteiger partial charge < -0.3 is 9.63 Å². The molecule has 5 heteroatoms. The molecule has 0 saturated carbocycles. The molecule has 1 N–H and O–H groups in total. The summed E-state index contributed by atoms with van der Waals surface area (Å²) in [4.78, 5) is 10.8. The Morgan fingerprint density at radius 2 is 2.17 bits per heavy atom. The van der Waals surface area contributed by atoms with Gasteiger partial charge in [0.1, 0.15) is 0 Å². The fraction of sp³-hybridized carbons (Fsp3) is 0.231. The van der Waals surface area contributed by atoms with E-state index in [1.54, 1.807) is 6.07 Å². The largest absolute Gasteiger partial charge is 0.476 e. The lowest BCUT2D eigenvalue weighted by Crippen LogP contribution is -1.94. The highest BCUT2D eigenvalue weighted by Gasteiger charge is 2.20. The smallest absolute Gasteiger partial charge is 0.358 e. The summed E-state index contributed by atoms with van der Waals surface area (Å²) in [7, 11) is 0. The summed E-state index contributed by atoms with van der Waals surface area (Å²) in [6.45, 7) is 0. The predicted octanol–water partition coefficient (Wildman–Crippen LogP) is 3.18. The molecule has 0 unspecified atom stereocenters. The Kier molecular flexibility index (Phi) is 2.59. The van der Waals surface area contributed by atoms with Crippen LogP contribution in [0.25, 0.3) is 11.3 Å². The quantitative estimate of drug-likeness (QED) is 0.904. The van der Waals surface area contributed by atoms with E-state index in [-0.39, 0.29) is 5.69 Å². The Morgan fingerprint density at radius 3 is 2.89 bits per heavy atom. The zero-order chi connectivity index (χ0) is 12.7. The molecule has 0 atom stereocenters. The molecule has 0 radical (unpaired) electrons. The Hall–Kier alpha value is -1.81. The molecule has 0 fully saturated rings. The van der Waals surface area contributed by atoms with E-state index in [0.29, 0.717) is 10.8 Å². The van der Waals surface area contributed by atoms with E-state index in [1.807, 2.05) is 6.07 Å². The minimum atomic E-state index is -1.09. The van der Waals surface area contributed by atoms with Gasteiger partial charge in [-0.3, -0.25) is 0 Å². The number of benzene rings is 1. The Bertz CT molecular complexity index is 633. The van der Waals surface area contributed by atoms with Crippen molar-refractivity contribution in [2.75, 3.05) is 0 Å². The number of carbonyl (C=O) groups is 1. The number of carboxylic acids is 1. The van der Waals surface area contributed by atoms with Crippen LogP contribution in [0.15, 0.2) is 22.7 Å². The third-order valence-corrected chi connectivity index (χ3v) is 3.39. The number of nitrogens with zero attached hydrogens (tertiary/aromatic N) is 1. The summed E-state index contributed by atoms with van der Waals surface area (Å²) >= 11 is 6.07. The maximum Gasteiger partial charge on any atom is 0.358 e. The number of aromatic nitrogens is 1. The molecule has 92 valence electrons. The summed E-state index contributed by atoms with van der Waals surface area (Å²) < 4.78 is 5.10. The fourth-order valence-corrected chi connectivity index (χ4v) is 2.63. The molecule has 1 aromatic carbocycles. The van der Waals surface area contributed by atoms with Crippen LogP contribution in [0.4, 0.5) is 0 Å². The topological polar surface area (TPSA) is 63.3 Å². The third-order valence-electron chi connectivity index (χ3n) is 3.17. The normalized spacial score (nSPS) is 13.6. The molecule has 0 amide bonds. The second-order valence-corrected chi connectivity index (χ2v) is 4.76. The molecule has 1 heterocycles. The van der Waals surface area contributed by atoms with Crippen LogP contribution in [0.3, 0.4) is 0 Å². The van der Waals surface area contributed by atoms with Gasteiger partial charge in [-0.15, -0.1) is 0 Å². The Balaban J connectivity index is 2.13. The van der Waals surface area contributed by atoms with Gasteiger partial charge in [0.15, 0.2) is 11.5 Å². The Labute approximate surface area is 108 Å². The fourth-order valence-electron chi connectivity index (χ4n) is 2.39. The number of hydrogen-bond acceptors (Lipinski definition) is 3. The average Bonchev–Trinajstić information content (AvgIpc) is 2.95. The van der Waals surface area contributed by atoms with Crippen molar-refractivity contribution in [1.29, 1.82) is 0 Å². The lowest BCUT2D eigenvalue weighted by molar-refractivity contribution is 0.0686. The molecule has 3 rings (SSSR count). The summed E-state index contributed by atoms with van der Waals surface area (Å²) in [5.74, 6) is -0.628. The van der Waals surface area contributed by atoms with Crippen LogP contribution in [0.2, 0.25) is 5.02 Å². The van der Waals surface area contributed by atoms with E-state index in [4.69, 9.17) is 21.2 Å². The van der Waals surface area contributed by atoms with Gasteiger partial charge in [-0.05, 0) is 42.5 Å². The van der Waals surface area contributed by atoms with Crippen LogP contribution < -0.4 is 0 Å². The lowest BCUT2D eigenvalue weighted by atomic mass is 10.0. The van der Waals surface area contributed by atoms with E-state index in [2.05, 4.69) is 5.16 Å². The molecule has 1 aliphatic rings. The number of carboxylic acid groups (broad SMARTS) is 1. The molecule has 1 aliphatic carbocycles. The van der Waals surface area contributed by atoms with Gasteiger partial charge in [0.25, 0.3) is 0 Å². The van der Waals surface area contributed by atoms with Crippen molar-refractivity contribution in [2.45, 2.75) is 19.3 Å². The van der Waals surface area contributed by atoms with Gasteiger partial charge in [-0.25, -0.2) is 4.79 Å². The number of fused-ring (bicyclic) bond motifs is 1. The molecule has 0 saturated heterocycles. The summed E-state index contributed by atoms with van der Waals surface area (Å²) in [5.41, 5.74) is 3.17. The van der Waals surface area contributed by atoms with Gasteiger partial charge in [-0.1, -0.05) is 16.8 Å². The molecule has 2 aromatic rings. The minimum absolute atomic E-state index is 0.0864. The van der Waals surface area contributed by atoms with E-state index >= 15 is 0 Å². The van der Waals surface area contributed by atoms with Crippen molar-refractivity contribution in [3.63, 3.8) is 0 Å². The highest BCUT2D eigenvalue weighted by Crippen LogP contribution is 2.35. The highest BCUT2D eigenvalue weighted by molar-refractivity contribution is 6.31. The number of aromatic carboxylic acids is 1. The number of halogens is 1. The van der Waals surface area contributed by atoms with Gasteiger partial charge in [0.05, 0.1) is 0 Å². The first-order valence-electron chi connectivity index (χ1n) is 5.67. The van der Waals surface area contributed by atoms with Gasteiger partial charge in [0, 0.05) is 16.7 Å². The van der Waals surface area contributed by atoms with E-state index in [0.717, 1.165) is 24.8 Å². The zero-order valence-corrected chi connectivity index (χ0v) is 10.2. The van der Waals surface area contributed by atoms with E-state index in [9.17, 15) is 4.79 Å². The van der Waals surface area contributed by atoms with Crippen LogP contribution in [0.5, 0.6) is 0 Å². The second kappa shape index (κ2) is 4.14. The molecular formula is C13H10ClNO3. The van der Waals surface area contributed by atoms with Crippen molar-refractivity contribution in [1.82, 2.24) is 5.16 Å². The first kappa shape index (κ1) is 11.3. The minimum Gasteiger partial charge on any atom is -0.476 e. The third kappa shape index (κ3) is 1.78. The molecular weight excluding hydrogens is 254 g/mol. The van der Waals surface area contributed by atoms with Crippen LogP contribution >= 0.6 is 11.6 Å². The first-order valence-corrected chi connectivity index (χ1v) is 6.04. The maximum absolute atomic E-state index is 10.8. The molecule has 0 aliphatic heterocycles. The average molecular weight is 264 g/mol. The molecule has 4 nitrogen and oxygen atoms in total. The summed E-state index contributed by atoms with van der Waals surface area (Å²) in [6.07, 6.45) is 3.05. The number of hydrogen-bond donors (Lipinski definition) is 1. The van der Waals surface area contributed by atoms with E-state index in [1.165, 1.54) is 17.2 Å². The SMILES string of the molecule is O=C(O)c1cc(-c2cc(Cl)cc3c2CCC3)on1. The van der Waals surface area contributed by atoms with Crippen molar-refractivity contribution in [2.24, 2.45) is 0 Å². The van der Waals surface area contributed by atoms with Gasteiger partial charge in [-0.2, -0.15) is 0 Å². The van der Waals surface area contributed by atoms with Crippen molar-refractivity contribution in [3.8, 4) is 11.3 Å². The molecule has 0 bridgehead atoms. The molecule has 0 spiro atoms. The van der Waals surface area contributed by atoms with Crippen LogP contribution in [0, 0.1) is 0 Å². The molecule has 1 aromatic heterocycles. The lowest BCUT2D eigenvalue weighted by Gasteiger charge is -2.06. The second-order valence-electron chi connectivity index (χ2n) is 4.33. The van der Waals surface area contributed by atoms with Crippen LogP contribution in [-0.4, -0.2) is 16.2 Å². The first-order chi connectivity index (χ1) is 8.65. The van der Waals surface area contributed by atoms with Crippen molar-refractivity contribution >= 4 is 17.6 Å². The highest BCUT2D eigenvalue weighted by atomic mass is 35.5. The summed E-state index contributed by atoms with van der Waals surface area (Å²) in [5, 5.41) is 13.0. The summed E-state index contributed by atoms with van der Waals surface area (Å²) in [6, 6.07) is 5.20. The van der Waals surface area contributed by atoms with Crippen LogP contribution in [-0.2, 0) is 12.8 Å². The van der Waals surface area contributed by atoms with Crippen molar-refractivity contribution < 1.29 is 14.4 Å². The van der Waals surface area contributed by atoms with E-state index < -0.39 is 5.97 Å². The standard InChI is InChI=1S/C13H10ClNO3/c14-8-4-7-2-1-3-9(7)10(5-8)12-6-11(13(16)17)15-18-12/h4-6H,1-3H2,(H,16,17). The number of aryl methyl sites for hydroxylation is 1. The van der Waals surface area contributed by atoms with Crippen LogP contribution in [0.1, 0.15) is 28.0 Å². The van der Waals surface area contributed by atoms with Gasteiger partial charge >= 0.3 is 5.97 Å². The van der Waals surface area contributed by atoms with Crippen molar-refractivity contribution in [3.05, 3.63) is 40.0 Å². The number of rotatable bonds is 2. The Morgan fingerprint density at radius 1 is 1.33 bits per heavy atom.